The Labute approximate surface area is 125 Å². The first-order valence-corrected chi connectivity index (χ1v) is 6.96. The summed E-state index contributed by atoms with van der Waals surface area (Å²) in [6.45, 7) is 0. The van der Waals surface area contributed by atoms with E-state index in [0.29, 0.717) is 11.0 Å². The molecule has 2 heterocycles. The van der Waals surface area contributed by atoms with Crippen LogP contribution in [0.2, 0.25) is 0 Å². The monoisotopic (exact) mass is 291 g/mol. The van der Waals surface area contributed by atoms with E-state index in [-0.39, 0.29) is 11.2 Å². The molecule has 4 aromatic rings. The lowest BCUT2D eigenvalue weighted by atomic mass is 10.0. The van der Waals surface area contributed by atoms with E-state index in [1.165, 1.54) is 11.6 Å². The zero-order chi connectivity index (χ0) is 15.4. The van der Waals surface area contributed by atoms with E-state index in [1.54, 1.807) is 7.05 Å². The minimum absolute atomic E-state index is 0.319. The largest absolute Gasteiger partial charge is 0.332 e. The number of fused-ring (bicyclic) bond motifs is 4. The van der Waals surface area contributed by atoms with Gasteiger partial charge < -0.3 is 0 Å². The first kappa shape index (κ1) is 12.8. The molecule has 2 aromatic heterocycles. The number of aryl methyl sites for hydroxylation is 1. The lowest BCUT2D eigenvalue weighted by Crippen LogP contribution is -2.37. The summed E-state index contributed by atoms with van der Waals surface area (Å²) < 4.78 is 2.52. The molecule has 0 N–H and O–H groups in total. The predicted molar refractivity (Wildman–Crippen MR) is 87.2 cm³/mol. The second-order valence-corrected chi connectivity index (χ2v) is 5.42. The average Bonchev–Trinajstić information content (AvgIpc) is 2.56. The Morgan fingerprint density at radius 1 is 0.864 bits per heavy atom. The van der Waals surface area contributed by atoms with Crippen molar-refractivity contribution in [3.8, 4) is 0 Å². The highest BCUT2D eigenvalue weighted by atomic mass is 16.2. The van der Waals surface area contributed by atoms with Crippen LogP contribution in [0, 0.1) is 0 Å². The van der Waals surface area contributed by atoms with Crippen LogP contribution in [-0.2, 0) is 14.1 Å². The van der Waals surface area contributed by atoms with Gasteiger partial charge in [0.25, 0.3) is 5.56 Å². The average molecular weight is 291 g/mol. The number of hydrogen-bond donors (Lipinski definition) is 0. The molecule has 4 rings (SSSR count). The van der Waals surface area contributed by atoms with Crippen molar-refractivity contribution in [1.29, 1.82) is 0 Å². The number of benzene rings is 2. The van der Waals surface area contributed by atoms with Crippen LogP contribution in [0.25, 0.3) is 32.7 Å². The van der Waals surface area contributed by atoms with Crippen LogP contribution >= 0.6 is 0 Å². The van der Waals surface area contributed by atoms with Gasteiger partial charge in [-0.15, -0.1) is 0 Å². The van der Waals surface area contributed by atoms with Gasteiger partial charge in [-0.3, -0.25) is 13.9 Å². The van der Waals surface area contributed by atoms with Crippen LogP contribution in [0.15, 0.2) is 52.1 Å². The van der Waals surface area contributed by atoms with E-state index in [9.17, 15) is 9.59 Å². The molecule has 0 aliphatic rings. The molecular formula is C17H13N3O2. The Morgan fingerprint density at radius 3 is 2.45 bits per heavy atom. The van der Waals surface area contributed by atoms with Crippen LogP contribution in [0.3, 0.4) is 0 Å². The highest BCUT2D eigenvalue weighted by Gasteiger charge is 2.12. The first-order valence-electron chi connectivity index (χ1n) is 6.96. The zero-order valence-electron chi connectivity index (χ0n) is 12.2. The van der Waals surface area contributed by atoms with E-state index < -0.39 is 0 Å². The van der Waals surface area contributed by atoms with Gasteiger partial charge in [0.2, 0.25) is 0 Å². The maximum atomic E-state index is 12.4. The Hall–Kier alpha value is -2.95. The van der Waals surface area contributed by atoms with Crippen molar-refractivity contribution in [2.45, 2.75) is 0 Å². The molecule has 0 spiro atoms. The molecule has 108 valence electrons. The number of rotatable bonds is 0. The molecular weight excluding hydrogens is 278 g/mol. The predicted octanol–water partition coefficient (Wildman–Crippen LogP) is 1.94. The summed E-state index contributed by atoms with van der Waals surface area (Å²) in [6.07, 6.45) is 0. The fourth-order valence-electron chi connectivity index (χ4n) is 2.91. The molecule has 2 aromatic carbocycles. The zero-order valence-corrected chi connectivity index (χ0v) is 12.2. The van der Waals surface area contributed by atoms with Gasteiger partial charge in [0.15, 0.2) is 0 Å². The van der Waals surface area contributed by atoms with Gasteiger partial charge in [-0.2, -0.15) is 0 Å². The topological polar surface area (TPSA) is 56.9 Å². The van der Waals surface area contributed by atoms with Crippen molar-refractivity contribution in [1.82, 2.24) is 14.1 Å². The molecule has 22 heavy (non-hydrogen) atoms. The van der Waals surface area contributed by atoms with Crippen molar-refractivity contribution in [2.75, 3.05) is 0 Å². The normalized spacial score (nSPS) is 11.5. The summed E-state index contributed by atoms with van der Waals surface area (Å²) >= 11 is 0. The molecule has 0 saturated heterocycles. The van der Waals surface area contributed by atoms with E-state index in [2.05, 4.69) is 4.98 Å². The molecule has 0 radical (unpaired) electrons. The molecule has 0 bridgehead atoms. The number of aromatic nitrogens is 3. The molecule has 0 aliphatic heterocycles. The van der Waals surface area contributed by atoms with Gasteiger partial charge in [-0.05, 0) is 22.9 Å². The van der Waals surface area contributed by atoms with E-state index >= 15 is 0 Å². The minimum atomic E-state index is -0.370. The minimum Gasteiger partial charge on any atom is -0.280 e. The van der Waals surface area contributed by atoms with Gasteiger partial charge in [0, 0.05) is 19.5 Å². The van der Waals surface area contributed by atoms with Crippen LogP contribution in [-0.4, -0.2) is 14.1 Å². The molecule has 0 aliphatic carbocycles. The number of nitrogens with zero attached hydrogens (tertiary/aromatic N) is 3. The van der Waals surface area contributed by atoms with E-state index in [4.69, 9.17) is 0 Å². The molecule has 0 fully saturated rings. The van der Waals surface area contributed by atoms with Crippen LogP contribution in [0.4, 0.5) is 0 Å². The summed E-state index contributed by atoms with van der Waals surface area (Å²) in [5.74, 6) is 0. The third kappa shape index (κ3) is 1.56. The second-order valence-electron chi connectivity index (χ2n) is 5.42. The van der Waals surface area contributed by atoms with Crippen molar-refractivity contribution in [3.63, 3.8) is 0 Å². The molecule has 5 heteroatoms. The fourth-order valence-corrected chi connectivity index (χ4v) is 2.91. The molecule has 0 amide bonds. The van der Waals surface area contributed by atoms with Gasteiger partial charge in [0.1, 0.15) is 5.65 Å². The summed E-state index contributed by atoms with van der Waals surface area (Å²) in [5.41, 5.74) is 0.496. The standard InChI is InChI=1S/C17H13N3O2/c1-19-15-13(16(21)20(2)17(19)22)9-12-11-6-4-3-5-10(11)7-8-14(12)18-15/h3-9H,1-2H3. The molecule has 0 saturated carbocycles. The maximum Gasteiger partial charge on any atom is 0.332 e. The quantitative estimate of drug-likeness (QED) is 0.367. The SMILES string of the molecule is Cn1c(=O)c2cc3c(ccc4ccccc43)nc2n(C)c1=O. The third-order valence-corrected chi connectivity index (χ3v) is 4.13. The maximum absolute atomic E-state index is 12.4. The lowest BCUT2D eigenvalue weighted by Gasteiger charge is -2.09. The Bertz CT molecular complexity index is 1190. The molecule has 5 nitrogen and oxygen atoms in total. The summed E-state index contributed by atoms with van der Waals surface area (Å²) in [5, 5.41) is 3.51. The molecule has 0 atom stereocenters. The highest BCUT2D eigenvalue weighted by Crippen LogP contribution is 2.25. The van der Waals surface area contributed by atoms with E-state index in [1.807, 2.05) is 42.5 Å². The lowest BCUT2D eigenvalue weighted by molar-refractivity contribution is 0.708. The van der Waals surface area contributed by atoms with Crippen molar-refractivity contribution < 1.29 is 0 Å². The first-order chi connectivity index (χ1) is 10.6. The number of hydrogen-bond acceptors (Lipinski definition) is 3. The van der Waals surface area contributed by atoms with Gasteiger partial charge in [0.05, 0.1) is 10.9 Å². The molecule has 0 unspecified atom stereocenters. The summed E-state index contributed by atoms with van der Waals surface area (Å²) in [6, 6.07) is 13.7. The Morgan fingerprint density at radius 2 is 1.64 bits per heavy atom. The van der Waals surface area contributed by atoms with Crippen molar-refractivity contribution in [3.05, 3.63) is 63.3 Å². The van der Waals surface area contributed by atoms with E-state index in [0.717, 1.165) is 26.2 Å². The van der Waals surface area contributed by atoms with Gasteiger partial charge in [-0.25, -0.2) is 9.78 Å². The summed E-state index contributed by atoms with van der Waals surface area (Å²) in [4.78, 5) is 29.0. The third-order valence-electron chi connectivity index (χ3n) is 4.13. The summed E-state index contributed by atoms with van der Waals surface area (Å²) in [7, 11) is 3.11. The van der Waals surface area contributed by atoms with Crippen LogP contribution in [0.1, 0.15) is 0 Å². The van der Waals surface area contributed by atoms with Gasteiger partial charge >= 0.3 is 5.69 Å². The Balaban J connectivity index is 2.33. The fraction of sp³-hybridized carbons (Fsp3) is 0.118. The van der Waals surface area contributed by atoms with Gasteiger partial charge in [-0.1, -0.05) is 30.3 Å². The van der Waals surface area contributed by atoms with Crippen LogP contribution in [0.5, 0.6) is 0 Å². The van der Waals surface area contributed by atoms with Crippen molar-refractivity contribution >= 4 is 32.7 Å². The second kappa shape index (κ2) is 4.27. The highest BCUT2D eigenvalue weighted by molar-refractivity contribution is 6.09. The van der Waals surface area contributed by atoms with Crippen LogP contribution < -0.4 is 11.2 Å². The van der Waals surface area contributed by atoms with Crippen molar-refractivity contribution in [2.24, 2.45) is 14.1 Å². The smallest absolute Gasteiger partial charge is 0.280 e. The Kier molecular flexibility index (Phi) is 2.48. The number of pyridine rings is 1.